The first-order chi connectivity index (χ1) is 14.8. The Hall–Kier alpha value is -3.40. The van der Waals surface area contributed by atoms with Gasteiger partial charge < -0.3 is 9.88 Å². The van der Waals surface area contributed by atoms with E-state index in [1.165, 1.54) is 23.6 Å². The van der Waals surface area contributed by atoms with Crippen molar-refractivity contribution in [3.63, 3.8) is 0 Å². The number of likely N-dealkylation sites (N-methyl/N-ethyl adjacent to an activating group) is 1. The molecule has 0 radical (unpaired) electrons. The molecule has 1 aromatic carbocycles. The van der Waals surface area contributed by atoms with Crippen molar-refractivity contribution in [1.29, 1.82) is 0 Å². The molecule has 5 rings (SSSR count). The van der Waals surface area contributed by atoms with Crippen molar-refractivity contribution in [2.45, 2.75) is 18.4 Å². The standard InChI is InChI=1S/C21H21FN6O2S/c1-12-10-23-21-19(20(12)28(3)31(29,30)18-4-6-25-26-18)15(11-24-21)14-9-17-13(8-16(14)22)5-7-27(17)2/h4,6,8-11H,5,7H2,1-3H3,(H,23,24)(H,25,26). The minimum atomic E-state index is -3.90. The van der Waals surface area contributed by atoms with Crippen molar-refractivity contribution >= 4 is 32.4 Å². The lowest BCUT2D eigenvalue weighted by Crippen LogP contribution is -2.28. The van der Waals surface area contributed by atoms with Gasteiger partial charge in [-0.05, 0) is 42.7 Å². The quantitative estimate of drug-likeness (QED) is 0.508. The molecule has 0 amide bonds. The molecule has 8 nitrogen and oxygen atoms in total. The SMILES string of the molecule is Cc1cnc2[nH]cc(-c3cc4c(cc3F)CCN4C)c2c1N(C)S(=O)(=O)c1ccn[nH]1. The summed E-state index contributed by atoms with van der Waals surface area (Å²) in [5.41, 5.74) is 4.48. The molecule has 2 N–H and O–H groups in total. The molecule has 0 atom stereocenters. The van der Waals surface area contributed by atoms with Crippen molar-refractivity contribution in [3.05, 3.63) is 53.7 Å². The minimum Gasteiger partial charge on any atom is -0.374 e. The summed E-state index contributed by atoms with van der Waals surface area (Å²) in [6.07, 6.45) is 5.46. The highest BCUT2D eigenvalue weighted by Crippen LogP contribution is 2.41. The maximum Gasteiger partial charge on any atom is 0.281 e. The fourth-order valence-corrected chi connectivity index (χ4v) is 5.39. The van der Waals surface area contributed by atoms with Crippen molar-refractivity contribution < 1.29 is 12.8 Å². The smallest absolute Gasteiger partial charge is 0.281 e. The number of aromatic amines is 2. The van der Waals surface area contributed by atoms with Crippen LogP contribution in [0.4, 0.5) is 15.8 Å². The number of aromatic nitrogens is 4. The molecule has 4 aromatic rings. The van der Waals surface area contributed by atoms with E-state index in [9.17, 15) is 8.42 Å². The van der Waals surface area contributed by atoms with Crippen molar-refractivity contribution in [2.24, 2.45) is 0 Å². The molecule has 160 valence electrons. The highest BCUT2D eigenvalue weighted by atomic mass is 32.2. The maximum absolute atomic E-state index is 15.2. The van der Waals surface area contributed by atoms with Gasteiger partial charge in [0.05, 0.1) is 17.3 Å². The number of hydrogen-bond donors (Lipinski definition) is 2. The molecular weight excluding hydrogens is 419 g/mol. The highest BCUT2D eigenvalue weighted by Gasteiger charge is 2.28. The van der Waals surface area contributed by atoms with E-state index >= 15 is 4.39 Å². The number of aryl methyl sites for hydroxylation is 1. The van der Waals surface area contributed by atoms with E-state index in [1.54, 1.807) is 25.4 Å². The van der Waals surface area contributed by atoms with Gasteiger partial charge in [0.25, 0.3) is 10.0 Å². The second-order valence-corrected chi connectivity index (χ2v) is 9.68. The average molecular weight is 441 g/mol. The second kappa shape index (κ2) is 6.81. The zero-order valence-electron chi connectivity index (χ0n) is 17.3. The Balaban J connectivity index is 1.75. The highest BCUT2D eigenvalue weighted by molar-refractivity contribution is 7.92. The molecule has 0 bridgehead atoms. The Labute approximate surface area is 178 Å². The van der Waals surface area contributed by atoms with Gasteiger partial charge in [-0.2, -0.15) is 13.5 Å². The second-order valence-electron chi connectivity index (χ2n) is 7.74. The number of anilines is 2. The molecule has 4 heterocycles. The third-order valence-corrected chi connectivity index (χ3v) is 7.56. The van der Waals surface area contributed by atoms with Crippen molar-refractivity contribution in [3.8, 4) is 11.1 Å². The van der Waals surface area contributed by atoms with Gasteiger partial charge in [-0.15, -0.1) is 0 Å². The summed E-state index contributed by atoms with van der Waals surface area (Å²) in [4.78, 5) is 9.56. The number of nitrogens with zero attached hydrogens (tertiary/aromatic N) is 4. The van der Waals surface area contributed by atoms with Gasteiger partial charge in [-0.1, -0.05) is 0 Å². The summed E-state index contributed by atoms with van der Waals surface area (Å²) in [6.45, 7) is 2.62. The average Bonchev–Trinajstić information content (AvgIpc) is 3.48. The fraction of sp³-hybridized carbons (Fsp3) is 0.238. The number of halogens is 1. The van der Waals surface area contributed by atoms with E-state index < -0.39 is 10.0 Å². The van der Waals surface area contributed by atoms with Crippen LogP contribution in [-0.4, -0.2) is 49.2 Å². The number of H-pyrrole nitrogens is 2. The van der Waals surface area contributed by atoms with Crippen LogP contribution in [0.25, 0.3) is 22.2 Å². The zero-order chi connectivity index (χ0) is 21.9. The number of sulfonamides is 1. The van der Waals surface area contributed by atoms with Crippen LogP contribution in [0.5, 0.6) is 0 Å². The van der Waals surface area contributed by atoms with Gasteiger partial charge in [0.1, 0.15) is 11.5 Å². The predicted molar refractivity (Wildman–Crippen MR) is 117 cm³/mol. The van der Waals surface area contributed by atoms with Crippen molar-refractivity contribution in [1.82, 2.24) is 20.2 Å². The minimum absolute atomic E-state index is 0.0261. The summed E-state index contributed by atoms with van der Waals surface area (Å²) in [5, 5.41) is 6.78. The Kier molecular flexibility index (Phi) is 4.30. The Morgan fingerprint density at radius 3 is 2.81 bits per heavy atom. The van der Waals surface area contributed by atoms with E-state index in [-0.39, 0.29) is 10.8 Å². The van der Waals surface area contributed by atoms with Gasteiger partial charge in [-0.3, -0.25) is 9.40 Å². The summed E-state index contributed by atoms with van der Waals surface area (Å²) in [5.74, 6) is -0.346. The number of hydrogen-bond acceptors (Lipinski definition) is 5. The van der Waals surface area contributed by atoms with E-state index in [0.29, 0.717) is 33.4 Å². The first-order valence-electron chi connectivity index (χ1n) is 9.78. The summed E-state index contributed by atoms with van der Waals surface area (Å²) >= 11 is 0. The lowest BCUT2D eigenvalue weighted by Gasteiger charge is -2.22. The summed E-state index contributed by atoms with van der Waals surface area (Å²) in [6, 6.07) is 4.80. The lowest BCUT2D eigenvalue weighted by atomic mass is 10.00. The zero-order valence-corrected chi connectivity index (χ0v) is 18.1. The molecule has 31 heavy (non-hydrogen) atoms. The molecule has 0 fully saturated rings. The van der Waals surface area contributed by atoms with Crippen LogP contribution in [0.15, 0.2) is 41.8 Å². The van der Waals surface area contributed by atoms with Gasteiger partial charge in [-0.25, -0.2) is 9.37 Å². The molecule has 0 aliphatic carbocycles. The molecule has 1 aliphatic heterocycles. The van der Waals surface area contributed by atoms with Gasteiger partial charge in [0, 0.05) is 49.8 Å². The Morgan fingerprint density at radius 2 is 2.06 bits per heavy atom. The molecule has 0 spiro atoms. The monoisotopic (exact) mass is 440 g/mol. The van der Waals surface area contributed by atoms with Crippen LogP contribution in [0.1, 0.15) is 11.1 Å². The molecule has 0 unspecified atom stereocenters. The van der Waals surface area contributed by atoms with Gasteiger partial charge in [0.2, 0.25) is 0 Å². The first kappa shape index (κ1) is 19.6. The van der Waals surface area contributed by atoms with Crippen LogP contribution < -0.4 is 9.21 Å². The van der Waals surface area contributed by atoms with E-state index in [0.717, 1.165) is 24.2 Å². The Morgan fingerprint density at radius 1 is 1.26 bits per heavy atom. The third-order valence-electron chi connectivity index (χ3n) is 5.87. The van der Waals surface area contributed by atoms with E-state index in [2.05, 4.69) is 25.1 Å². The molecule has 0 saturated carbocycles. The van der Waals surface area contributed by atoms with Gasteiger partial charge in [0.15, 0.2) is 5.03 Å². The molecule has 3 aromatic heterocycles. The summed E-state index contributed by atoms with van der Waals surface area (Å²) < 4.78 is 42.7. The summed E-state index contributed by atoms with van der Waals surface area (Å²) in [7, 11) is -0.446. The van der Waals surface area contributed by atoms with E-state index in [4.69, 9.17) is 0 Å². The normalized spacial score (nSPS) is 13.7. The number of nitrogens with one attached hydrogen (secondary N) is 2. The van der Waals surface area contributed by atoms with Crippen LogP contribution in [-0.2, 0) is 16.4 Å². The van der Waals surface area contributed by atoms with Crippen LogP contribution in [0.2, 0.25) is 0 Å². The number of fused-ring (bicyclic) bond motifs is 2. The largest absolute Gasteiger partial charge is 0.374 e. The number of rotatable bonds is 4. The molecular formula is C21H21FN6O2S. The predicted octanol–water partition coefficient (Wildman–Crippen LogP) is 3.22. The molecule has 1 aliphatic rings. The maximum atomic E-state index is 15.2. The molecule has 0 saturated heterocycles. The Bertz CT molecular complexity index is 1410. The number of benzene rings is 1. The van der Waals surface area contributed by atoms with Crippen LogP contribution >= 0.6 is 0 Å². The van der Waals surface area contributed by atoms with Gasteiger partial charge >= 0.3 is 0 Å². The number of pyridine rings is 1. The van der Waals surface area contributed by atoms with E-state index in [1.807, 2.05) is 13.1 Å². The third kappa shape index (κ3) is 2.89. The fourth-order valence-electron chi connectivity index (χ4n) is 4.22. The first-order valence-corrected chi connectivity index (χ1v) is 11.2. The van der Waals surface area contributed by atoms with Crippen LogP contribution in [0, 0.1) is 12.7 Å². The lowest BCUT2D eigenvalue weighted by molar-refractivity contribution is 0.590. The van der Waals surface area contributed by atoms with Crippen LogP contribution in [0.3, 0.4) is 0 Å². The van der Waals surface area contributed by atoms with Crippen molar-refractivity contribution in [2.75, 3.05) is 29.8 Å². The topological polar surface area (TPSA) is 98.0 Å². The molecule has 10 heteroatoms.